The van der Waals surface area contributed by atoms with Crippen molar-refractivity contribution in [1.29, 1.82) is 0 Å². The minimum absolute atomic E-state index is 0.289. The molecule has 16 heavy (non-hydrogen) atoms. The van der Waals surface area contributed by atoms with E-state index in [2.05, 4.69) is 5.10 Å². The molecule has 0 amide bonds. The first-order valence-corrected chi connectivity index (χ1v) is 4.89. The SMILES string of the molecule is Cn1cc(N)c(-c2cc(F)cc(CN)c2)n1. The largest absolute Gasteiger partial charge is 0.396 e. The molecule has 4 nitrogen and oxygen atoms in total. The van der Waals surface area contributed by atoms with Crippen LogP contribution in [0.3, 0.4) is 0 Å². The van der Waals surface area contributed by atoms with Crippen LogP contribution in [0, 0.1) is 5.82 Å². The molecule has 84 valence electrons. The summed E-state index contributed by atoms with van der Waals surface area (Å²) in [5, 5.41) is 4.18. The van der Waals surface area contributed by atoms with Crippen LogP contribution in [0.5, 0.6) is 0 Å². The maximum absolute atomic E-state index is 13.3. The number of halogens is 1. The van der Waals surface area contributed by atoms with Crippen molar-refractivity contribution < 1.29 is 4.39 Å². The quantitative estimate of drug-likeness (QED) is 0.800. The van der Waals surface area contributed by atoms with Gasteiger partial charge in [0.25, 0.3) is 0 Å². The van der Waals surface area contributed by atoms with E-state index in [1.165, 1.54) is 12.1 Å². The van der Waals surface area contributed by atoms with Gasteiger partial charge < -0.3 is 11.5 Å². The van der Waals surface area contributed by atoms with Crippen molar-refractivity contribution in [2.45, 2.75) is 6.54 Å². The van der Waals surface area contributed by atoms with Gasteiger partial charge in [0, 0.05) is 25.4 Å². The first kappa shape index (κ1) is 10.6. The molecule has 0 saturated heterocycles. The highest BCUT2D eigenvalue weighted by Crippen LogP contribution is 2.25. The summed E-state index contributed by atoms with van der Waals surface area (Å²) >= 11 is 0. The molecule has 0 radical (unpaired) electrons. The van der Waals surface area contributed by atoms with Gasteiger partial charge in [-0.25, -0.2) is 4.39 Å². The molecule has 1 aromatic carbocycles. The van der Waals surface area contributed by atoms with Crippen LogP contribution in [0.4, 0.5) is 10.1 Å². The maximum Gasteiger partial charge on any atom is 0.124 e. The third-order valence-corrected chi connectivity index (χ3v) is 2.32. The topological polar surface area (TPSA) is 69.9 Å². The van der Waals surface area contributed by atoms with E-state index in [1.54, 1.807) is 24.0 Å². The number of anilines is 1. The zero-order valence-electron chi connectivity index (χ0n) is 8.94. The molecule has 1 aromatic heterocycles. The summed E-state index contributed by atoms with van der Waals surface area (Å²) in [4.78, 5) is 0. The summed E-state index contributed by atoms with van der Waals surface area (Å²) in [5.74, 6) is -0.331. The molecule has 0 aliphatic heterocycles. The van der Waals surface area contributed by atoms with Gasteiger partial charge in [0.1, 0.15) is 11.5 Å². The lowest BCUT2D eigenvalue weighted by atomic mass is 10.1. The molecule has 4 N–H and O–H groups in total. The maximum atomic E-state index is 13.3. The van der Waals surface area contributed by atoms with Gasteiger partial charge in [-0.2, -0.15) is 5.10 Å². The van der Waals surface area contributed by atoms with Crippen LogP contribution in [0.25, 0.3) is 11.3 Å². The zero-order chi connectivity index (χ0) is 11.7. The van der Waals surface area contributed by atoms with Gasteiger partial charge in [0.2, 0.25) is 0 Å². The molecular formula is C11H13FN4. The second-order valence-electron chi connectivity index (χ2n) is 3.66. The van der Waals surface area contributed by atoms with E-state index in [0.29, 0.717) is 16.9 Å². The summed E-state index contributed by atoms with van der Waals surface area (Å²) < 4.78 is 14.9. The van der Waals surface area contributed by atoms with Gasteiger partial charge in [-0.3, -0.25) is 4.68 Å². The number of nitrogen functional groups attached to an aromatic ring is 1. The van der Waals surface area contributed by atoms with Crippen LogP contribution in [-0.4, -0.2) is 9.78 Å². The van der Waals surface area contributed by atoms with Gasteiger partial charge in [-0.15, -0.1) is 0 Å². The molecule has 0 fully saturated rings. The van der Waals surface area contributed by atoms with Crippen molar-refractivity contribution in [2.24, 2.45) is 12.8 Å². The molecule has 2 rings (SSSR count). The summed E-state index contributed by atoms with van der Waals surface area (Å²) in [5.41, 5.74) is 13.7. The molecule has 1 heterocycles. The Balaban J connectivity index is 2.55. The fourth-order valence-corrected chi connectivity index (χ4v) is 1.64. The first-order chi connectivity index (χ1) is 7.60. The van der Waals surface area contributed by atoms with Gasteiger partial charge in [-0.05, 0) is 23.8 Å². The molecule has 0 saturated carbocycles. The molecular weight excluding hydrogens is 207 g/mol. The number of hydrogen-bond acceptors (Lipinski definition) is 3. The fourth-order valence-electron chi connectivity index (χ4n) is 1.64. The lowest BCUT2D eigenvalue weighted by molar-refractivity contribution is 0.626. The van der Waals surface area contributed by atoms with E-state index in [0.717, 1.165) is 5.56 Å². The van der Waals surface area contributed by atoms with Crippen molar-refractivity contribution in [3.8, 4) is 11.3 Å². The third kappa shape index (κ3) is 1.90. The molecule has 0 spiro atoms. The number of hydrogen-bond donors (Lipinski definition) is 2. The smallest absolute Gasteiger partial charge is 0.124 e. The van der Waals surface area contributed by atoms with Crippen molar-refractivity contribution in [2.75, 3.05) is 5.73 Å². The zero-order valence-corrected chi connectivity index (χ0v) is 8.94. The second kappa shape index (κ2) is 3.94. The highest BCUT2D eigenvalue weighted by atomic mass is 19.1. The average molecular weight is 220 g/mol. The highest BCUT2D eigenvalue weighted by Gasteiger charge is 2.09. The Morgan fingerprint density at radius 1 is 1.38 bits per heavy atom. The third-order valence-electron chi connectivity index (χ3n) is 2.32. The predicted molar refractivity (Wildman–Crippen MR) is 60.9 cm³/mol. The molecule has 0 unspecified atom stereocenters. The number of aromatic nitrogens is 2. The van der Waals surface area contributed by atoms with E-state index >= 15 is 0 Å². The van der Waals surface area contributed by atoms with E-state index in [-0.39, 0.29) is 12.4 Å². The Hall–Kier alpha value is -1.88. The number of nitrogens with zero attached hydrogens (tertiary/aromatic N) is 2. The molecule has 0 bridgehead atoms. The van der Waals surface area contributed by atoms with Crippen LogP contribution in [-0.2, 0) is 13.6 Å². The average Bonchev–Trinajstić information content (AvgIpc) is 2.57. The Kier molecular flexibility index (Phi) is 2.62. The molecule has 0 atom stereocenters. The summed E-state index contributed by atoms with van der Waals surface area (Å²) in [6.07, 6.45) is 1.68. The van der Waals surface area contributed by atoms with Crippen molar-refractivity contribution in [1.82, 2.24) is 9.78 Å². The summed E-state index contributed by atoms with van der Waals surface area (Å²) in [6, 6.07) is 4.60. The normalized spacial score (nSPS) is 10.7. The predicted octanol–water partition coefficient (Wildman–Crippen LogP) is 1.27. The van der Waals surface area contributed by atoms with Crippen LogP contribution >= 0.6 is 0 Å². The standard InChI is InChI=1S/C11H13FN4/c1-16-6-10(14)11(15-16)8-2-7(5-13)3-9(12)4-8/h2-4,6H,5,13-14H2,1H3. The van der Waals surface area contributed by atoms with Crippen molar-refractivity contribution >= 4 is 5.69 Å². The Labute approximate surface area is 92.7 Å². The number of aryl methyl sites for hydroxylation is 1. The monoisotopic (exact) mass is 220 g/mol. The van der Waals surface area contributed by atoms with E-state index in [1.807, 2.05) is 0 Å². The van der Waals surface area contributed by atoms with Crippen LogP contribution < -0.4 is 11.5 Å². The fraction of sp³-hybridized carbons (Fsp3) is 0.182. The summed E-state index contributed by atoms with van der Waals surface area (Å²) in [7, 11) is 1.77. The minimum atomic E-state index is -0.331. The molecule has 5 heteroatoms. The molecule has 0 aliphatic rings. The van der Waals surface area contributed by atoms with Crippen LogP contribution in [0.15, 0.2) is 24.4 Å². The van der Waals surface area contributed by atoms with E-state index in [4.69, 9.17) is 11.5 Å². The van der Waals surface area contributed by atoms with Crippen LogP contribution in [0.2, 0.25) is 0 Å². The Bertz CT molecular complexity index is 519. The van der Waals surface area contributed by atoms with Gasteiger partial charge in [-0.1, -0.05) is 0 Å². The molecule has 0 aliphatic carbocycles. The van der Waals surface area contributed by atoms with Crippen molar-refractivity contribution in [3.63, 3.8) is 0 Å². The van der Waals surface area contributed by atoms with Gasteiger partial charge >= 0.3 is 0 Å². The highest BCUT2D eigenvalue weighted by molar-refractivity contribution is 5.72. The molecule has 2 aromatic rings. The summed E-state index contributed by atoms with van der Waals surface area (Å²) in [6.45, 7) is 0.289. The number of benzene rings is 1. The van der Waals surface area contributed by atoms with Gasteiger partial charge in [0.05, 0.1) is 5.69 Å². The van der Waals surface area contributed by atoms with Gasteiger partial charge in [0.15, 0.2) is 0 Å². The second-order valence-corrected chi connectivity index (χ2v) is 3.66. The number of rotatable bonds is 2. The Morgan fingerprint density at radius 3 is 2.69 bits per heavy atom. The van der Waals surface area contributed by atoms with Crippen molar-refractivity contribution in [3.05, 3.63) is 35.8 Å². The van der Waals surface area contributed by atoms with E-state index in [9.17, 15) is 4.39 Å². The van der Waals surface area contributed by atoms with E-state index < -0.39 is 0 Å². The minimum Gasteiger partial charge on any atom is -0.396 e. The lowest BCUT2D eigenvalue weighted by Gasteiger charge is -2.02. The lowest BCUT2D eigenvalue weighted by Crippen LogP contribution is -1.98. The van der Waals surface area contributed by atoms with Crippen LogP contribution in [0.1, 0.15) is 5.56 Å². The number of nitrogens with two attached hydrogens (primary N) is 2. The Morgan fingerprint density at radius 2 is 2.12 bits per heavy atom. The first-order valence-electron chi connectivity index (χ1n) is 4.89.